The number of nitrogens with one attached hydrogen (secondary N) is 2. The number of carbonyl (C=O) groups is 1. The van der Waals surface area contributed by atoms with Crippen LogP contribution in [0.25, 0.3) is 21.2 Å². The first-order chi connectivity index (χ1) is 18.3. The highest BCUT2D eigenvalue weighted by atomic mass is 32.2. The molecule has 1 heterocycles. The topological polar surface area (TPSA) is 112 Å². The number of benzene rings is 2. The van der Waals surface area contributed by atoms with Crippen LogP contribution in [-0.2, 0) is 16.4 Å². The molecule has 9 heteroatoms. The quantitative estimate of drug-likeness (QED) is 0.326. The Labute approximate surface area is 236 Å². The number of nitrogens with zero attached hydrogens (tertiary/aromatic N) is 2. The second-order valence-corrected chi connectivity index (χ2v) is 14.8. The van der Waals surface area contributed by atoms with Gasteiger partial charge in [-0.05, 0) is 58.4 Å². The van der Waals surface area contributed by atoms with Crippen molar-refractivity contribution in [3.63, 3.8) is 0 Å². The summed E-state index contributed by atoms with van der Waals surface area (Å²) in [7, 11) is -3.76. The lowest BCUT2D eigenvalue weighted by atomic mass is 9.85. The summed E-state index contributed by atoms with van der Waals surface area (Å²) in [5.41, 5.74) is 0.454. The van der Waals surface area contributed by atoms with Crippen LogP contribution in [0.5, 0.6) is 0 Å². The summed E-state index contributed by atoms with van der Waals surface area (Å²) in [5.74, 6) is 0.215. The van der Waals surface area contributed by atoms with E-state index >= 15 is 0 Å². The zero-order chi connectivity index (χ0) is 28.4. The van der Waals surface area contributed by atoms with E-state index in [1.807, 2.05) is 51.1 Å². The molecule has 7 nitrogen and oxygen atoms in total. The van der Waals surface area contributed by atoms with E-state index < -0.39 is 21.0 Å². The van der Waals surface area contributed by atoms with Crippen LogP contribution in [0, 0.1) is 22.7 Å². The summed E-state index contributed by atoms with van der Waals surface area (Å²) >= 11 is 1.33. The van der Waals surface area contributed by atoms with Crippen molar-refractivity contribution < 1.29 is 13.2 Å². The molecule has 4 rings (SSSR count). The number of hydrogen-bond acceptors (Lipinski definition) is 6. The van der Waals surface area contributed by atoms with Crippen LogP contribution in [0.15, 0.2) is 41.3 Å². The molecule has 0 spiro atoms. The van der Waals surface area contributed by atoms with Gasteiger partial charge in [0.1, 0.15) is 0 Å². The van der Waals surface area contributed by atoms with Gasteiger partial charge in [0.15, 0.2) is 5.01 Å². The lowest BCUT2D eigenvalue weighted by molar-refractivity contribution is 0.0943. The van der Waals surface area contributed by atoms with Crippen molar-refractivity contribution in [2.24, 2.45) is 11.3 Å². The molecule has 1 aromatic heterocycles. The van der Waals surface area contributed by atoms with E-state index in [4.69, 9.17) is 4.98 Å². The smallest absolute Gasteiger partial charge is 0.280 e. The van der Waals surface area contributed by atoms with Crippen molar-refractivity contribution >= 4 is 38.0 Å². The Morgan fingerprint density at radius 3 is 2.36 bits per heavy atom. The number of sulfonamides is 1. The average molecular weight is 567 g/mol. The Kier molecular flexibility index (Phi) is 8.50. The molecule has 0 aliphatic heterocycles. The maximum Gasteiger partial charge on any atom is 0.280 e. The molecule has 0 atom stereocenters. The highest BCUT2D eigenvalue weighted by Gasteiger charge is 2.28. The first-order valence-corrected chi connectivity index (χ1v) is 15.8. The highest BCUT2D eigenvalue weighted by molar-refractivity contribution is 7.89. The molecule has 1 fully saturated rings. The molecule has 1 aliphatic rings. The van der Waals surface area contributed by atoms with Gasteiger partial charge in [-0.25, -0.2) is 18.1 Å². The number of thiazole rings is 1. The molecule has 0 unspecified atom stereocenters. The summed E-state index contributed by atoms with van der Waals surface area (Å²) in [4.78, 5) is 19.1. The zero-order valence-electron chi connectivity index (χ0n) is 23.4. The molecule has 39 heavy (non-hydrogen) atoms. The lowest BCUT2D eigenvalue weighted by Crippen LogP contribution is -2.40. The number of hydrogen-bond donors (Lipinski definition) is 2. The van der Waals surface area contributed by atoms with E-state index in [0.29, 0.717) is 16.3 Å². The van der Waals surface area contributed by atoms with E-state index in [0.717, 1.165) is 40.8 Å². The molecular formula is C30H38N4O3S2. The Morgan fingerprint density at radius 2 is 1.72 bits per heavy atom. The first kappa shape index (κ1) is 29.2. The third kappa shape index (κ3) is 7.05. The van der Waals surface area contributed by atoms with Crippen molar-refractivity contribution in [1.29, 1.82) is 5.26 Å². The Morgan fingerprint density at radius 1 is 1.05 bits per heavy atom. The second-order valence-electron chi connectivity index (χ2n) is 12.2. The maximum atomic E-state index is 13.3. The summed E-state index contributed by atoms with van der Waals surface area (Å²) in [5, 5.41) is 14.0. The van der Waals surface area contributed by atoms with Gasteiger partial charge in [-0.1, -0.05) is 62.4 Å². The zero-order valence-corrected chi connectivity index (χ0v) is 25.1. The fourth-order valence-corrected chi connectivity index (χ4v) is 7.72. The van der Waals surface area contributed by atoms with Crippen molar-refractivity contribution in [1.82, 2.24) is 15.0 Å². The van der Waals surface area contributed by atoms with Gasteiger partial charge in [0.2, 0.25) is 10.0 Å². The van der Waals surface area contributed by atoms with Gasteiger partial charge in [0.05, 0.1) is 27.0 Å². The van der Waals surface area contributed by atoms with Crippen molar-refractivity contribution in [3.05, 3.63) is 47.1 Å². The third-order valence-corrected chi connectivity index (χ3v) is 9.90. The van der Waals surface area contributed by atoms with Gasteiger partial charge in [-0.2, -0.15) is 5.26 Å². The van der Waals surface area contributed by atoms with Gasteiger partial charge in [0, 0.05) is 23.0 Å². The molecule has 1 saturated carbocycles. The standard InChI is InChI=1S/C30H38N4O3S2/c1-29(2,3)34-39(36,37)25-16-15-23(21-13-9-10-14-22(21)25)26-24(17-20-11-7-6-8-12-20)33-28(38-26)27(35)32-19-30(4,5)18-31/h9-10,13-16,20,34H,6-8,11-12,17,19H2,1-5H3,(H,32,35). The molecular weight excluding hydrogens is 528 g/mol. The fourth-order valence-electron chi connectivity index (χ4n) is 5.04. The molecule has 2 N–H and O–H groups in total. The molecule has 208 valence electrons. The van der Waals surface area contributed by atoms with Crippen LogP contribution in [0.3, 0.4) is 0 Å². The molecule has 1 aliphatic carbocycles. The Hall–Kier alpha value is -2.80. The monoisotopic (exact) mass is 566 g/mol. The minimum absolute atomic E-state index is 0.228. The van der Waals surface area contributed by atoms with E-state index in [2.05, 4.69) is 16.1 Å². The van der Waals surface area contributed by atoms with Crippen LogP contribution in [0.2, 0.25) is 0 Å². The average Bonchev–Trinajstić information content (AvgIpc) is 3.29. The predicted molar refractivity (Wildman–Crippen MR) is 157 cm³/mol. The van der Waals surface area contributed by atoms with Gasteiger partial charge in [-0.15, -0.1) is 11.3 Å². The molecule has 2 aromatic carbocycles. The minimum atomic E-state index is -3.76. The van der Waals surface area contributed by atoms with Crippen molar-refractivity contribution in [2.45, 2.75) is 83.6 Å². The molecule has 3 aromatic rings. The van der Waals surface area contributed by atoms with Gasteiger partial charge in [0.25, 0.3) is 5.91 Å². The Bertz CT molecular complexity index is 1510. The normalized spacial score (nSPS) is 15.3. The lowest BCUT2D eigenvalue weighted by Gasteiger charge is -2.22. The SMILES string of the molecule is CC(C)(C#N)CNC(=O)c1nc(CC2CCCCC2)c(-c2ccc(S(=O)(=O)NC(C)(C)C)c3ccccc23)s1. The van der Waals surface area contributed by atoms with Crippen LogP contribution in [0.1, 0.15) is 82.2 Å². The van der Waals surface area contributed by atoms with Crippen molar-refractivity contribution in [3.8, 4) is 16.5 Å². The number of nitriles is 1. The second kappa shape index (κ2) is 11.4. The molecule has 0 bridgehead atoms. The van der Waals surface area contributed by atoms with Gasteiger partial charge < -0.3 is 5.32 Å². The van der Waals surface area contributed by atoms with Crippen LogP contribution in [0.4, 0.5) is 0 Å². The minimum Gasteiger partial charge on any atom is -0.348 e. The van der Waals surface area contributed by atoms with E-state index in [1.165, 1.54) is 30.6 Å². The molecule has 0 radical (unpaired) electrons. The number of rotatable bonds is 8. The molecule has 0 saturated heterocycles. The van der Waals surface area contributed by atoms with E-state index in [1.54, 1.807) is 19.9 Å². The van der Waals surface area contributed by atoms with Gasteiger partial charge in [-0.3, -0.25) is 4.79 Å². The number of carbonyl (C=O) groups excluding carboxylic acids is 1. The third-order valence-electron chi connectivity index (χ3n) is 6.95. The molecule has 1 amide bonds. The summed E-state index contributed by atoms with van der Waals surface area (Å²) in [6.07, 6.45) is 6.74. The fraction of sp³-hybridized carbons (Fsp3) is 0.500. The van der Waals surface area contributed by atoms with Crippen LogP contribution < -0.4 is 10.0 Å². The Balaban J connectivity index is 1.80. The predicted octanol–water partition coefficient (Wildman–Crippen LogP) is 6.44. The number of fused-ring (bicyclic) bond motifs is 1. The van der Waals surface area contributed by atoms with Gasteiger partial charge >= 0.3 is 0 Å². The number of aromatic nitrogens is 1. The maximum absolute atomic E-state index is 13.3. The summed E-state index contributed by atoms with van der Waals surface area (Å²) in [6, 6.07) is 13.2. The van der Waals surface area contributed by atoms with Crippen LogP contribution >= 0.6 is 11.3 Å². The van der Waals surface area contributed by atoms with Crippen LogP contribution in [-0.4, -0.2) is 31.4 Å². The van der Waals surface area contributed by atoms with Crippen molar-refractivity contribution in [2.75, 3.05) is 6.54 Å². The summed E-state index contributed by atoms with van der Waals surface area (Å²) < 4.78 is 29.4. The summed E-state index contributed by atoms with van der Waals surface area (Å²) in [6.45, 7) is 9.25. The largest absolute Gasteiger partial charge is 0.348 e. The number of amides is 1. The highest BCUT2D eigenvalue weighted by Crippen LogP contribution is 2.40. The first-order valence-electron chi connectivity index (χ1n) is 13.5. The van der Waals surface area contributed by atoms with E-state index in [-0.39, 0.29) is 17.3 Å². The van der Waals surface area contributed by atoms with E-state index in [9.17, 15) is 18.5 Å².